The number of carbonyl (C=O) groups excluding carboxylic acids is 1. The lowest BCUT2D eigenvalue weighted by atomic mass is 9.92. The highest BCUT2D eigenvalue weighted by Gasteiger charge is 2.39. The average molecular weight is 493 g/mol. The number of para-hydroxylation sites is 2. The third kappa shape index (κ3) is 2.95. The van der Waals surface area contributed by atoms with Gasteiger partial charge >= 0.3 is 0 Å². The lowest BCUT2D eigenvalue weighted by Gasteiger charge is -2.36. The molecule has 4 aromatic rings. The van der Waals surface area contributed by atoms with Crippen LogP contribution in [0.25, 0.3) is 22.4 Å². The van der Waals surface area contributed by atoms with Crippen LogP contribution in [0.2, 0.25) is 0 Å². The van der Waals surface area contributed by atoms with E-state index in [4.69, 9.17) is 4.98 Å². The number of aromatic amines is 1. The molecule has 1 aromatic heterocycles. The number of rotatable bonds is 3. The molecule has 1 aliphatic heterocycles. The predicted molar refractivity (Wildman–Crippen MR) is 124 cm³/mol. The summed E-state index contributed by atoms with van der Waals surface area (Å²) in [5.74, 6) is 0.926. The zero-order valence-electron chi connectivity index (χ0n) is 16.2. The number of benzene rings is 3. The first-order valence-corrected chi connectivity index (χ1v) is 10.7. The number of imidazole rings is 1. The molecule has 1 aliphatic rings. The van der Waals surface area contributed by atoms with Crippen molar-refractivity contribution in [2.75, 3.05) is 0 Å². The first-order valence-electron chi connectivity index (χ1n) is 9.60. The first-order chi connectivity index (χ1) is 13.9. The van der Waals surface area contributed by atoms with Gasteiger partial charge in [0.05, 0.1) is 22.1 Å². The van der Waals surface area contributed by atoms with Gasteiger partial charge in [-0.25, -0.2) is 4.98 Å². The van der Waals surface area contributed by atoms with Crippen molar-refractivity contribution in [2.45, 2.75) is 25.9 Å². The molecule has 5 heteroatoms. The normalized spacial score (nSPS) is 13.9. The smallest absolute Gasteiger partial charge is 0.256 e. The number of nitrogens with zero attached hydrogens (tertiary/aromatic N) is 2. The van der Waals surface area contributed by atoms with Crippen molar-refractivity contribution in [1.29, 1.82) is 0 Å². The summed E-state index contributed by atoms with van der Waals surface area (Å²) in [5.41, 5.74) is 5.59. The number of nitrogens with one attached hydrogen (secondary N) is 1. The third-order valence-electron chi connectivity index (χ3n) is 5.78. The van der Waals surface area contributed by atoms with Crippen molar-refractivity contribution in [2.24, 2.45) is 0 Å². The Hall–Kier alpha value is -2.67. The second kappa shape index (κ2) is 6.69. The minimum absolute atomic E-state index is 0.0920. The summed E-state index contributed by atoms with van der Waals surface area (Å²) in [6.07, 6.45) is 0. The number of carbonyl (C=O) groups is 1. The van der Waals surface area contributed by atoms with Crippen LogP contribution in [-0.4, -0.2) is 20.8 Å². The molecule has 2 heterocycles. The van der Waals surface area contributed by atoms with E-state index >= 15 is 0 Å². The maximum Gasteiger partial charge on any atom is 0.256 e. The van der Waals surface area contributed by atoms with Gasteiger partial charge in [0.1, 0.15) is 5.82 Å². The lowest BCUT2D eigenvalue weighted by molar-refractivity contribution is 0.0567. The second-order valence-electron chi connectivity index (χ2n) is 7.91. The van der Waals surface area contributed by atoms with E-state index in [2.05, 4.69) is 59.6 Å². The van der Waals surface area contributed by atoms with Crippen molar-refractivity contribution in [3.8, 4) is 11.4 Å². The van der Waals surface area contributed by atoms with E-state index < -0.39 is 0 Å². The first kappa shape index (κ1) is 18.4. The van der Waals surface area contributed by atoms with Gasteiger partial charge in [-0.05, 0) is 71.8 Å². The van der Waals surface area contributed by atoms with Crippen LogP contribution in [0.15, 0.2) is 66.7 Å². The largest absolute Gasteiger partial charge is 0.338 e. The molecule has 0 saturated carbocycles. The van der Waals surface area contributed by atoms with Gasteiger partial charge in [-0.3, -0.25) is 4.79 Å². The molecule has 0 aliphatic carbocycles. The number of hydrogen-bond acceptors (Lipinski definition) is 2. The van der Waals surface area contributed by atoms with Gasteiger partial charge in [0.25, 0.3) is 5.91 Å². The minimum atomic E-state index is -0.389. The summed E-state index contributed by atoms with van der Waals surface area (Å²) < 4.78 is 0.965. The van der Waals surface area contributed by atoms with E-state index in [0.29, 0.717) is 6.54 Å². The van der Waals surface area contributed by atoms with Gasteiger partial charge in [-0.15, -0.1) is 0 Å². The highest BCUT2D eigenvalue weighted by molar-refractivity contribution is 14.1. The maximum atomic E-state index is 13.3. The molecule has 1 N–H and O–H groups in total. The SMILES string of the molecule is CC(C)(c1ccccc1)N1Cc2cc(-c3nc4ccccc4[nH]3)cc(I)c2C1=O. The molecule has 5 rings (SSSR count). The molecule has 1 amide bonds. The van der Waals surface area contributed by atoms with Gasteiger partial charge in [-0.2, -0.15) is 0 Å². The van der Waals surface area contributed by atoms with Gasteiger partial charge in [0.15, 0.2) is 0 Å². The summed E-state index contributed by atoms with van der Waals surface area (Å²) in [6.45, 7) is 4.82. The molecule has 0 atom stereocenters. The highest BCUT2D eigenvalue weighted by atomic mass is 127. The van der Waals surface area contributed by atoms with Gasteiger partial charge in [0.2, 0.25) is 0 Å². The molecule has 0 bridgehead atoms. The predicted octanol–water partition coefficient (Wildman–Crippen LogP) is 5.73. The lowest BCUT2D eigenvalue weighted by Crippen LogP contribution is -2.41. The Labute approximate surface area is 183 Å². The number of fused-ring (bicyclic) bond motifs is 2. The topological polar surface area (TPSA) is 49.0 Å². The fourth-order valence-electron chi connectivity index (χ4n) is 4.08. The summed E-state index contributed by atoms with van der Waals surface area (Å²) in [7, 11) is 0. The van der Waals surface area contributed by atoms with E-state index in [1.165, 1.54) is 0 Å². The quantitative estimate of drug-likeness (QED) is 0.371. The fraction of sp³-hybridized carbons (Fsp3) is 0.167. The standard InChI is InChI=1S/C24H20IN3O/c1-24(2,17-8-4-3-5-9-17)28-14-16-12-15(13-18(25)21(16)23(28)29)22-26-19-10-6-7-11-20(19)27-22/h3-13H,14H2,1-2H3,(H,26,27). The van der Waals surface area contributed by atoms with Crippen LogP contribution >= 0.6 is 22.6 Å². The molecule has 0 radical (unpaired) electrons. The Morgan fingerprint density at radius 1 is 1.03 bits per heavy atom. The average Bonchev–Trinajstić information content (AvgIpc) is 3.30. The fourth-order valence-corrected chi connectivity index (χ4v) is 5.00. The van der Waals surface area contributed by atoms with Gasteiger partial charge < -0.3 is 9.88 Å². The van der Waals surface area contributed by atoms with E-state index in [0.717, 1.165) is 42.7 Å². The maximum absolute atomic E-state index is 13.3. The molecule has 29 heavy (non-hydrogen) atoms. The minimum Gasteiger partial charge on any atom is -0.338 e. The second-order valence-corrected chi connectivity index (χ2v) is 9.07. The van der Waals surface area contributed by atoms with E-state index in [9.17, 15) is 4.79 Å². The Balaban J connectivity index is 1.56. The van der Waals surface area contributed by atoms with Crippen LogP contribution in [0.3, 0.4) is 0 Å². The van der Waals surface area contributed by atoms with Crippen molar-refractivity contribution >= 4 is 39.5 Å². The van der Waals surface area contributed by atoms with Crippen LogP contribution in [0.5, 0.6) is 0 Å². The Kier molecular flexibility index (Phi) is 4.24. The zero-order valence-corrected chi connectivity index (χ0v) is 18.4. The van der Waals surface area contributed by atoms with Gasteiger partial charge in [-0.1, -0.05) is 42.5 Å². The summed E-state index contributed by atoms with van der Waals surface area (Å²) >= 11 is 2.28. The highest BCUT2D eigenvalue weighted by Crippen LogP contribution is 2.39. The summed E-state index contributed by atoms with van der Waals surface area (Å²) in [4.78, 5) is 23.4. The van der Waals surface area contributed by atoms with E-state index in [-0.39, 0.29) is 11.4 Å². The number of aromatic nitrogens is 2. The van der Waals surface area contributed by atoms with E-state index in [1.54, 1.807) is 0 Å². The van der Waals surface area contributed by atoms with Crippen LogP contribution in [0, 0.1) is 3.57 Å². The molecule has 0 spiro atoms. The molecule has 144 valence electrons. The van der Waals surface area contributed by atoms with Crippen molar-refractivity contribution in [1.82, 2.24) is 14.9 Å². The van der Waals surface area contributed by atoms with Crippen molar-refractivity contribution in [3.05, 3.63) is 87.0 Å². The van der Waals surface area contributed by atoms with E-state index in [1.807, 2.05) is 53.4 Å². The molecule has 0 unspecified atom stereocenters. The Morgan fingerprint density at radius 2 is 1.76 bits per heavy atom. The molecule has 3 aromatic carbocycles. The third-order valence-corrected chi connectivity index (χ3v) is 6.63. The van der Waals surface area contributed by atoms with Crippen molar-refractivity contribution < 1.29 is 4.79 Å². The van der Waals surface area contributed by atoms with Crippen LogP contribution < -0.4 is 0 Å². The Morgan fingerprint density at radius 3 is 2.52 bits per heavy atom. The van der Waals surface area contributed by atoms with Crippen LogP contribution in [0.1, 0.15) is 35.3 Å². The number of H-pyrrole nitrogens is 1. The molecule has 4 nitrogen and oxygen atoms in total. The number of hydrogen-bond donors (Lipinski definition) is 1. The molecule has 0 fully saturated rings. The van der Waals surface area contributed by atoms with Crippen LogP contribution in [-0.2, 0) is 12.1 Å². The molecule has 0 saturated heterocycles. The zero-order chi connectivity index (χ0) is 20.2. The molecular weight excluding hydrogens is 473 g/mol. The van der Waals surface area contributed by atoms with Crippen LogP contribution in [0.4, 0.5) is 0 Å². The number of halogens is 1. The number of amides is 1. The summed E-state index contributed by atoms with van der Waals surface area (Å²) in [6, 6.07) is 22.4. The molecular formula is C24H20IN3O. The van der Waals surface area contributed by atoms with Gasteiger partial charge in [0, 0.05) is 15.7 Å². The van der Waals surface area contributed by atoms with Crippen molar-refractivity contribution in [3.63, 3.8) is 0 Å². The Bertz CT molecular complexity index is 1210. The summed E-state index contributed by atoms with van der Waals surface area (Å²) in [5, 5.41) is 0. The monoisotopic (exact) mass is 493 g/mol.